The van der Waals surface area contributed by atoms with Gasteiger partial charge in [-0.15, -0.1) is 11.3 Å². The van der Waals surface area contributed by atoms with Gasteiger partial charge in [0.1, 0.15) is 12.3 Å². The quantitative estimate of drug-likeness (QED) is 0.423. The fourth-order valence-electron chi connectivity index (χ4n) is 1.02. The third-order valence-corrected chi connectivity index (χ3v) is 3.96. The number of thiazole rings is 1. The number of nitrogens with zero attached hydrogens (tertiary/aromatic N) is 2. The molecule has 0 aromatic carbocycles. The van der Waals surface area contributed by atoms with Crippen LogP contribution in [0.25, 0.3) is 0 Å². The summed E-state index contributed by atoms with van der Waals surface area (Å²) in [7, 11) is 0. The molecule has 0 aliphatic heterocycles. The highest BCUT2D eigenvalue weighted by molar-refractivity contribution is 8.01. The lowest BCUT2D eigenvalue weighted by Gasteiger charge is -1.96. The number of allylic oxidation sites excluding steroid dienone is 1. The molecule has 0 amide bonds. The van der Waals surface area contributed by atoms with Crippen LogP contribution in [0.3, 0.4) is 0 Å². The highest BCUT2D eigenvalue weighted by Crippen LogP contribution is 2.26. The maximum Gasteiger partial charge on any atom is 0.301 e. The van der Waals surface area contributed by atoms with Crippen LogP contribution in [0.2, 0.25) is 0 Å². The molecule has 0 saturated heterocycles. The first-order chi connectivity index (χ1) is 9.04. The zero-order valence-corrected chi connectivity index (χ0v) is 12.1. The van der Waals surface area contributed by atoms with E-state index in [0.717, 1.165) is 0 Å². The molecule has 0 spiro atoms. The molecule has 3 nitrogen and oxygen atoms in total. The van der Waals surface area contributed by atoms with Crippen molar-refractivity contribution in [2.24, 2.45) is 5.16 Å². The van der Waals surface area contributed by atoms with Gasteiger partial charge in [0.05, 0.1) is 5.69 Å². The van der Waals surface area contributed by atoms with Crippen LogP contribution in [-0.4, -0.2) is 23.1 Å². The van der Waals surface area contributed by atoms with E-state index in [1.165, 1.54) is 23.1 Å². The van der Waals surface area contributed by atoms with E-state index >= 15 is 0 Å². The lowest BCUT2D eigenvalue weighted by molar-refractivity contribution is 0.159. The van der Waals surface area contributed by atoms with Gasteiger partial charge in [-0.2, -0.15) is 8.78 Å². The predicted octanol–water partition coefficient (Wildman–Crippen LogP) is 4.46. The SMILES string of the molecule is CCO/N=C(\C)c1csc(SCCC(F)=C(F)F)n1. The zero-order chi connectivity index (χ0) is 14.3. The molecule has 106 valence electrons. The van der Waals surface area contributed by atoms with Gasteiger partial charge >= 0.3 is 6.08 Å². The summed E-state index contributed by atoms with van der Waals surface area (Å²) in [4.78, 5) is 9.15. The van der Waals surface area contributed by atoms with Crippen LogP contribution >= 0.6 is 23.1 Å². The topological polar surface area (TPSA) is 34.5 Å². The van der Waals surface area contributed by atoms with Gasteiger partial charge in [0.25, 0.3) is 0 Å². The van der Waals surface area contributed by atoms with Crippen LogP contribution in [0.5, 0.6) is 0 Å². The van der Waals surface area contributed by atoms with Crippen molar-refractivity contribution in [3.8, 4) is 0 Å². The predicted molar refractivity (Wildman–Crippen MR) is 71.6 cm³/mol. The van der Waals surface area contributed by atoms with Gasteiger partial charge in [-0.25, -0.2) is 9.37 Å². The second-order valence-corrected chi connectivity index (χ2v) is 5.56. The minimum Gasteiger partial charge on any atom is -0.396 e. The Labute approximate surface area is 117 Å². The van der Waals surface area contributed by atoms with Gasteiger partial charge in [-0.05, 0) is 13.8 Å². The third kappa shape index (κ3) is 5.65. The van der Waals surface area contributed by atoms with Crippen molar-refractivity contribution in [2.45, 2.75) is 24.6 Å². The second kappa shape index (κ2) is 8.21. The van der Waals surface area contributed by atoms with Crippen molar-refractivity contribution in [3.05, 3.63) is 23.0 Å². The third-order valence-electron chi connectivity index (χ3n) is 1.94. The number of oxime groups is 1. The number of hydrogen-bond donors (Lipinski definition) is 0. The van der Waals surface area contributed by atoms with Crippen LogP contribution in [0.1, 0.15) is 26.0 Å². The van der Waals surface area contributed by atoms with Crippen molar-refractivity contribution >= 4 is 28.8 Å². The largest absolute Gasteiger partial charge is 0.396 e. The fraction of sp³-hybridized carbons (Fsp3) is 0.455. The Bertz CT molecular complexity index is 470. The molecular weight excluding hydrogens is 297 g/mol. The highest BCUT2D eigenvalue weighted by Gasteiger charge is 2.08. The summed E-state index contributed by atoms with van der Waals surface area (Å²) in [5, 5.41) is 5.64. The first-order valence-electron chi connectivity index (χ1n) is 5.49. The molecule has 1 aromatic heterocycles. The Hall–Kier alpha value is -1.02. The first-order valence-corrected chi connectivity index (χ1v) is 7.36. The van der Waals surface area contributed by atoms with Crippen LogP contribution in [0, 0.1) is 0 Å². The number of hydrogen-bond acceptors (Lipinski definition) is 5. The molecular formula is C11H13F3N2OS2. The molecule has 0 saturated carbocycles. The first kappa shape index (κ1) is 16.0. The molecule has 0 atom stereocenters. The minimum absolute atomic E-state index is 0.220. The average Bonchev–Trinajstić information content (AvgIpc) is 2.84. The van der Waals surface area contributed by atoms with Gasteiger partial charge in [0.15, 0.2) is 10.2 Å². The molecule has 8 heteroatoms. The summed E-state index contributed by atoms with van der Waals surface area (Å²) >= 11 is 2.59. The van der Waals surface area contributed by atoms with Crippen molar-refractivity contribution in [1.29, 1.82) is 0 Å². The number of thioether (sulfide) groups is 1. The molecule has 19 heavy (non-hydrogen) atoms. The Kier molecular flexibility index (Phi) is 6.93. The van der Waals surface area contributed by atoms with E-state index in [2.05, 4.69) is 10.1 Å². The Balaban J connectivity index is 2.49. The molecule has 0 bridgehead atoms. The summed E-state index contributed by atoms with van der Waals surface area (Å²) in [6.45, 7) is 4.06. The average molecular weight is 310 g/mol. The summed E-state index contributed by atoms with van der Waals surface area (Å²) in [5.41, 5.74) is 1.32. The fourth-order valence-corrected chi connectivity index (χ4v) is 2.89. The number of aromatic nitrogens is 1. The highest BCUT2D eigenvalue weighted by atomic mass is 32.2. The van der Waals surface area contributed by atoms with Gasteiger partial charge in [0, 0.05) is 17.6 Å². The summed E-state index contributed by atoms with van der Waals surface area (Å²) < 4.78 is 36.9. The number of halogens is 3. The summed E-state index contributed by atoms with van der Waals surface area (Å²) in [5.74, 6) is -1.14. The van der Waals surface area contributed by atoms with Crippen LogP contribution in [-0.2, 0) is 4.84 Å². The molecule has 0 fully saturated rings. The number of rotatable bonds is 7. The molecule has 0 N–H and O–H groups in total. The monoisotopic (exact) mass is 310 g/mol. The normalized spacial score (nSPS) is 11.5. The molecule has 1 rings (SSSR count). The van der Waals surface area contributed by atoms with E-state index in [0.29, 0.717) is 22.4 Å². The van der Waals surface area contributed by atoms with Gasteiger partial charge in [-0.3, -0.25) is 0 Å². The van der Waals surface area contributed by atoms with Gasteiger partial charge in [0.2, 0.25) is 0 Å². The molecule has 0 aliphatic carbocycles. The Morgan fingerprint density at radius 3 is 2.84 bits per heavy atom. The molecule has 0 radical (unpaired) electrons. The van der Waals surface area contributed by atoms with Crippen LogP contribution < -0.4 is 0 Å². The van der Waals surface area contributed by atoms with Gasteiger partial charge < -0.3 is 4.84 Å². The van der Waals surface area contributed by atoms with Crippen LogP contribution in [0.4, 0.5) is 13.2 Å². The van der Waals surface area contributed by atoms with Crippen molar-refractivity contribution < 1.29 is 18.0 Å². The smallest absolute Gasteiger partial charge is 0.301 e. The van der Waals surface area contributed by atoms with Crippen molar-refractivity contribution in [1.82, 2.24) is 4.98 Å². The summed E-state index contributed by atoms with van der Waals surface area (Å²) in [6.07, 6.45) is -2.55. The maximum atomic E-state index is 12.6. The van der Waals surface area contributed by atoms with E-state index in [-0.39, 0.29) is 12.2 Å². The van der Waals surface area contributed by atoms with Gasteiger partial charge in [-0.1, -0.05) is 16.9 Å². The molecule has 1 aromatic rings. The van der Waals surface area contributed by atoms with Crippen LogP contribution in [0.15, 0.2) is 26.8 Å². The summed E-state index contributed by atoms with van der Waals surface area (Å²) in [6, 6.07) is 0. The molecule has 1 heterocycles. The van der Waals surface area contributed by atoms with E-state index in [4.69, 9.17) is 4.84 Å². The Morgan fingerprint density at radius 2 is 2.21 bits per heavy atom. The second-order valence-electron chi connectivity index (χ2n) is 3.36. The standard InChI is InChI=1S/C11H13F3N2OS2/c1-3-17-16-7(2)9-6-19-11(15-9)18-5-4-8(12)10(13)14/h6H,3-5H2,1-2H3/b16-7+. The lowest BCUT2D eigenvalue weighted by atomic mass is 10.3. The van der Waals surface area contributed by atoms with E-state index in [9.17, 15) is 13.2 Å². The maximum absolute atomic E-state index is 12.6. The lowest BCUT2D eigenvalue weighted by Crippen LogP contribution is -1.96. The molecule has 0 unspecified atom stereocenters. The zero-order valence-electron chi connectivity index (χ0n) is 10.5. The van der Waals surface area contributed by atoms with Crippen molar-refractivity contribution in [2.75, 3.05) is 12.4 Å². The van der Waals surface area contributed by atoms with E-state index in [1.807, 2.05) is 6.92 Å². The Morgan fingerprint density at radius 1 is 1.47 bits per heavy atom. The molecule has 0 aliphatic rings. The van der Waals surface area contributed by atoms with Crippen molar-refractivity contribution in [3.63, 3.8) is 0 Å². The van der Waals surface area contributed by atoms with E-state index in [1.54, 1.807) is 12.3 Å². The van der Waals surface area contributed by atoms with E-state index < -0.39 is 11.9 Å². The minimum atomic E-state index is -2.25.